The summed E-state index contributed by atoms with van der Waals surface area (Å²) in [4.78, 5) is 2.27. The summed E-state index contributed by atoms with van der Waals surface area (Å²) in [6.45, 7) is 15.5. The summed E-state index contributed by atoms with van der Waals surface area (Å²) in [5.74, 6) is 3.29. The van der Waals surface area contributed by atoms with Gasteiger partial charge in [-0.25, -0.2) is 4.68 Å². The molecule has 42 heavy (non-hydrogen) atoms. The Hall–Kier alpha value is -3.95. The lowest BCUT2D eigenvalue weighted by Gasteiger charge is -2.16. The van der Waals surface area contributed by atoms with Crippen molar-refractivity contribution in [2.24, 2.45) is 0 Å². The third-order valence-electron chi connectivity index (χ3n) is 6.75. The zero-order valence-corrected chi connectivity index (χ0v) is 26.3. The molecule has 2 N–H and O–H groups in total. The molecule has 0 aliphatic carbocycles. The normalized spacial score (nSPS) is 11.7. The molecule has 0 amide bonds. The molecular formula is C32H36ClN7OS. The van der Waals surface area contributed by atoms with Gasteiger partial charge in [0.25, 0.3) is 0 Å². The maximum absolute atomic E-state index is 6.44. The molecular weight excluding hydrogens is 566 g/mol. The number of aromatic nitrogens is 5. The number of pyridine rings is 1. The smallest absolute Gasteiger partial charge is 0.160 e. The molecule has 5 rings (SSSR count). The van der Waals surface area contributed by atoms with Gasteiger partial charge in [-0.3, -0.25) is 4.40 Å². The van der Waals surface area contributed by atoms with Crippen molar-refractivity contribution in [1.29, 1.82) is 0 Å². The van der Waals surface area contributed by atoms with Crippen LogP contribution in [0.15, 0.2) is 89.1 Å². The molecule has 0 aliphatic heterocycles. The summed E-state index contributed by atoms with van der Waals surface area (Å²) in [6, 6.07) is 20.1. The first-order chi connectivity index (χ1) is 20.0. The molecule has 10 heteroatoms. The van der Waals surface area contributed by atoms with Gasteiger partial charge in [-0.2, -0.15) is 5.10 Å². The van der Waals surface area contributed by atoms with Gasteiger partial charge < -0.3 is 15.4 Å². The van der Waals surface area contributed by atoms with Crippen molar-refractivity contribution >= 4 is 34.8 Å². The Morgan fingerprint density at radius 1 is 1.07 bits per heavy atom. The van der Waals surface area contributed by atoms with Crippen LogP contribution in [-0.4, -0.2) is 31.5 Å². The van der Waals surface area contributed by atoms with Gasteiger partial charge >= 0.3 is 0 Å². The molecule has 5 aromatic rings. The summed E-state index contributed by atoms with van der Waals surface area (Å²) in [5.41, 5.74) is 3.63. The summed E-state index contributed by atoms with van der Waals surface area (Å²) < 4.78 is 9.25. The van der Waals surface area contributed by atoms with Gasteiger partial charge in [0.1, 0.15) is 17.4 Å². The fourth-order valence-electron chi connectivity index (χ4n) is 4.44. The molecule has 3 heterocycles. The van der Waals surface area contributed by atoms with Gasteiger partial charge in [0, 0.05) is 39.9 Å². The number of hydrogen-bond acceptors (Lipinski definition) is 7. The van der Waals surface area contributed by atoms with E-state index in [1.165, 1.54) is 0 Å². The van der Waals surface area contributed by atoms with Crippen molar-refractivity contribution in [3.8, 4) is 11.4 Å². The first kappa shape index (κ1) is 29.5. The highest BCUT2D eigenvalue weighted by Crippen LogP contribution is 2.33. The van der Waals surface area contributed by atoms with Crippen LogP contribution in [0.3, 0.4) is 0 Å². The predicted molar refractivity (Wildman–Crippen MR) is 171 cm³/mol. The average Bonchev–Trinajstić information content (AvgIpc) is 3.57. The molecule has 0 saturated carbocycles. The molecule has 0 bridgehead atoms. The molecule has 3 aromatic heterocycles. The van der Waals surface area contributed by atoms with Crippen LogP contribution in [-0.2, 0) is 12.0 Å². The lowest BCUT2D eigenvalue weighted by atomic mass is 9.92. The number of rotatable bonds is 10. The minimum atomic E-state index is -0.144. The van der Waals surface area contributed by atoms with Crippen LogP contribution >= 0.6 is 23.4 Å². The number of benzene rings is 2. The van der Waals surface area contributed by atoms with Crippen LogP contribution in [0.4, 0.5) is 5.82 Å². The lowest BCUT2D eigenvalue weighted by molar-refractivity contribution is 0.415. The van der Waals surface area contributed by atoms with E-state index in [0.29, 0.717) is 23.1 Å². The maximum Gasteiger partial charge on any atom is 0.160 e. The van der Waals surface area contributed by atoms with Gasteiger partial charge in [0.15, 0.2) is 5.65 Å². The van der Waals surface area contributed by atoms with Crippen LogP contribution in [0.5, 0.6) is 5.75 Å². The topological polar surface area (TPSA) is 81.3 Å². The Labute approximate surface area is 256 Å². The van der Waals surface area contributed by atoms with Crippen LogP contribution in [0, 0.1) is 0 Å². The van der Waals surface area contributed by atoms with Crippen molar-refractivity contribution in [3.05, 3.63) is 101 Å². The number of nitrogens with zero attached hydrogens (tertiary/aromatic N) is 5. The molecule has 0 fully saturated rings. The molecule has 0 aliphatic rings. The fourth-order valence-corrected chi connectivity index (χ4v) is 5.66. The number of hydrogen-bond donors (Lipinski definition) is 2. The van der Waals surface area contributed by atoms with Gasteiger partial charge in [0.05, 0.1) is 29.3 Å². The monoisotopic (exact) mass is 601 g/mol. The first-order valence-electron chi connectivity index (χ1n) is 13.8. The zero-order chi connectivity index (χ0) is 30.0. The minimum Gasteiger partial charge on any atom is -0.495 e. The first-order valence-corrected chi connectivity index (χ1v) is 15.0. The second-order valence-corrected chi connectivity index (χ2v) is 12.9. The van der Waals surface area contributed by atoms with Gasteiger partial charge in [-0.15, -0.1) is 10.2 Å². The number of ether oxygens (including phenoxy) is 1. The van der Waals surface area contributed by atoms with Gasteiger partial charge in [-0.05, 0) is 42.0 Å². The summed E-state index contributed by atoms with van der Waals surface area (Å²) in [5, 5.41) is 20.9. The van der Waals surface area contributed by atoms with Crippen LogP contribution in [0.25, 0.3) is 11.3 Å². The summed E-state index contributed by atoms with van der Waals surface area (Å²) >= 11 is 8.16. The third kappa shape index (κ3) is 6.42. The molecule has 0 atom stereocenters. The van der Waals surface area contributed by atoms with E-state index < -0.39 is 0 Å². The highest BCUT2D eigenvalue weighted by Gasteiger charge is 2.21. The molecule has 218 valence electrons. The molecule has 0 saturated heterocycles. The van der Waals surface area contributed by atoms with Crippen LogP contribution < -0.4 is 15.4 Å². The van der Waals surface area contributed by atoms with Crippen molar-refractivity contribution < 1.29 is 4.74 Å². The van der Waals surface area contributed by atoms with E-state index in [2.05, 4.69) is 103 Å². The molecule has 0 unspecified atom stereocenters. The fraction of sp³-hybridized carbons (Fsp3) is 0.281. The quantitative estimate of drug-likeness (QED) is 0.169. The Morgan fingerprint density at radius 3 is 2.57 bits per heavy atom. The van der Waals surface area contributed by atoms with Gasteiger partial charge in [-0.1, -0.05) is 82.8 Å². The van der Waals surface area contributed by atoms with Gasteiger partial charge in [0.2, 0.25) is 0 Å². The lowest BCUT2D eigenvalue weighted by Crippen LogP contribution is -2.20. The van der Waals surface area contributed by atoms with Crippen molar-refractivity contribution in [2.45, 2.75) is 62.3 Å². The second-order valence-electron chi connectivity index (χ2n) is 11.4. The maximum atomic E-state index is 6.44. The predicted octanol–water partition coefficient (Wildman–Crippen LogP) is 7.82. The van der Waals surface area contributed by atoms with Crippen LogP contribution in [0.2, 0.25) is 5.02 Å². The van der Waals surface area contributed by atoms with Crippen molar-refractivity contribution in [2.75, 3.05) is 12.4 Å². The third-order valence-corrected chi connectivity index (χ3v) is 8.14. The molecule has 2 aromatic carbocycles. The van der Waals surface area contributed by atoms with E-state index in [0.717, 1.165) is 44.0 Å². The van der Waals surface area contributed by atoms with Crippen LogP contribution in [0.1, 0.15) is 57.6 Å². The Balaban J connectivity index is 1.33. The van der Waals surface area contributed by atoms with Crippen molar-refractivity contribution in [3.63, 3.8) is 0 Å². The summed E-state index contributed by atoms with van der Waals surface area (Å²) in [7, 11) is 1.60. The van der Waals surface area contributed by atoms with Crippen molar-refractivity contribution in [1.82, 2.24) is 29.7 Å². The average molecular weight is 602 g/mol. The zero-order valence-electron chi connectivity index (χ0n) is 24.8. The summed E-state index contributed by atoms with van der Waals surface area (Å²) in [6.07, 6.45) is 2.11. The highest BCUT2D eigenvalue weighted by molar-refractivity contribution is 7.99. The molecule has 0 radical (unpaired) electrons. The number of methoxy groups -OCH3 is 1. The largest absolute Gasteiger partial charge is 0.495 e. The number of fused-ring (bicyclic) bond motifs is 1. The Morgan fingerprint density at radius 2 is 1.86 bits per heavy atom. The minimum absolute atomic E-state index is 0.144. The van der Waals surface area contributed by atoms with E-state index >= 15 is 0 Å². The standard InChI is InChI=1S/C32H36ClN7OS/c1-20(2)31-37-36-29-15-13-24(19-39(29)31)42-27-11-9-8-10-22(27)18-34-21(3)35-30-17-28(32(4,5)6)38-40(30)23-12-14-26(41-7)25(33)16-23/h8-17,19-20,34-35H,3,18H2,1-2,4-7H3. The Bertz CT molecular complexity index is 1730. The Kier molecular flexibility index (Phi) is 8.52. The second kappa shape index (κ2) is 12.1. The SMILES string of the molecule is C=C(NCc1ccccc1Sc1ccc2nnc(C(C)C)n2c1)Nc1cc(C(C)(C)C)nn1-c1ccc(OC)c(Cl)c1. The van der Waals surface area contributed by atoms with E-state index in [1.54, 1.807) is 18.9 Å². The number of halogens is 1. The van der Waals surface area contributed by atoms with E-state index in [1.807, 2.05) is 35.0 Å². The van der Waals surface area contributed by atoms with E-state index in [4.69, 9.17) is 21.4 Å². The molecule has 8 nitrogen and oxygen atoms in total. The number of anilines is 1. The van der Waals surface area contributed by atoms with E-state index in [-0.39, 0.29) is 11.3 Å². The number of nitrogens with one attached hydrogen (secondary N) is 2. The highest BCUT2D eigenvalue weighted by atomic mass is 35.5. The van der Waals surface area contributed by atoms with E-state index in [9.17, 15) is 0 Å². The molecule has 0 spiro atoms.